The number of carbonyl (C=O) groups excluding carboxylic acids is 1. The lowest BCUT2D eigenvalue weighted by atomic mass is 10.2. The van der Waals surface area contributed by atoms with Crippen LogP contribution in [-0.2, 0) is 0 Å². The van der Waals surface area contributed by atoms with Crippen molar-refractivity contribution in [2.75, 3.05) is 10.3 Å². The van der Waals surface area contributed by atoms with E-state index in [9.17, 15) is 4.79 Å². The van der Waals surface area contributed by atoms with E-state index in [2.05, 4.69) is 10.4 Å². The highest BCUT2D eigenvalue weighted by Gasteiger charge is 2.14. The van der Waals surface area contributed by atoms with Crippen LogP contribution in [0.4, 0.5) is 16.2 Å². The lowest BCUT2D eigenvalue weighted by Gasteiger charge is -2.18. The van der Waals surface area contributed by atoms with Crippen LogP contribution in [0.1, 0.15) is 5.56 Å². The number of halogens is 1. The molecule has 0 aliphatic rings. The van der Waals surface area contributed by atoms with Crippen LogP contribution in [0.15, 0.2) is 90.0 Å². The molecule has 0 atom stereocenters. The number of amides is 2. The Morgan fingerprint density at radius 1 is 0.880 bits per heavy atom. The second kappa shape index (κ2) is 8.13. The number of benzene rings is 3. The van der Waals surface area contributed by atoms with Crippen LogP contribution in [0.3, 0.4) is 0 Å². The number of urea groups is 1. The van der Waals surface area contributed by atoms with Crippen molar-refractivity contribution in [1.82, 2.24) is 0 Å². The summed E-state index contributed by atoms with van der Waals surface area (Å²) in [6.45, 7) is 0. The highest BCUT2D eigenvalue weighted by Crippen LogP contribution is 2.18. The van der Waals surface area contributed by atoms with Crippen molar-refractivity contribution < 1.29 is 4.79 Å². The number of hydrazone groups is 1. The van der Waals surface area contributed by atoms with Crippen LogP contribution in [-0.4, -0.2) is 12.2 Å². The summed E-state index contributed by atoms with van der Waals surface area (Å²) in [5.41, 5.74) is 2.22. The van der Waals surface area contributed by atoms with Gasteiger partial charge in [-0.05, 0) is 42.0 Å². The zero-order chi connectivity index (χ0) is 17.5. The number of nitrogens with one attached hydrogen (secondary N) is 1. The maximum atomic E-state index is 12.7. The third kappa shape index (κ3) is 4.68. The van der Waals surface area contributed by atoms with E-state index < -0.39 is 0 Å². The topological polar surface area (TPSA) is 44.7 Å². The Morgan fingerprint density at radius 2 is 1.48 bits per heavy atom. The van der Waals surface area contributed by atoms with Crippen molar-refractivity contribution in [2.45, 2.75) is 0 Å². The van der Waals surface area contributed by atoms with Crippen molar-refractivity contribution in [3.05, 3.63) is 95.5 Å². The largest absolute Gasteiger partial charge is 0.347 e. The van der Waals surface area contributed by atoms with Crippen molar-refractivity contribution in [3.63, 3.8) is 0 Å². The Hall–Kier alpha value is -3.11. The van der Waals surface area contributed by atoms with Crippen LogP contribution < -0.4 is 10.3 Å². The predicted octanol–water partition coefficient (Wildman–Crippen LogP) is 5.41. The van der Waals surface area contributed by atoms with E-state index in [0.29, 0.717) is 16.4 Å². The van der Waals surface area contributed by atoms with Gasteiger partial charge in [0.15, 0.2) is 0 Å². The molecule has 25 heavy (non-hydrogen) atoms. The molecular formula is C20H16ClN3O. The van der Waals surface area contributed by atoms with E-state index in [-0.39, 0.29) is 6.03 Å². The molecule has 0 fully saturated rings. The number of rotatable bonds is 4. The highest BCUT2D eigenvalue weighted by molar-refractivity contribution is 6.30. The van der Waals surface area contributed by atoms with Gasteiger partial charge < -0.3 is 5.32 Å². The van der Waals surface area contributed by atoms with Gasteiger partial charge in [-0.3, -0.25) is 0 Å². The summed E-state index contributed by atoms with van der Waals surface area (Å²) >= 11 is 5.88. The fraction of sp³-hybridized carbons (Fsp3) is 0. The van der Waals surface area contributed by atoms with Gasteiger partial charge in [-0.25, -0.2) is 4.79 Å². The summed E-state index contributed by atoms with van der Waals surface area (Å²) in [5, 5.41) is 9.10. The van der Waals surface area contributed by atoms with Gasteiger partial charge in [0, 0.05) is 10.7 Å². The number of para-hydroxylation sites is 1. The first-order valence-electron chi connectivity index (χ1n) is 7.73. The number of nitrogens with zero attached hydrogens (tertiary/aromatic N) is 2. The Labute approximate surface area is 151 Å². The maximum absolute atomic E-state index is 12.7. The molecule has 3 aromatic rings. The van der Waals surface area contributed by atoms with E-state index >= 15 is 0 Å². The van der Waals surface area contributed by atoms with Crippen LogP contribution >= 0.6 is 11.6 Å². The van der Waals surface area contributed by atoms with Crippen LogP contribution in [0.5, 0.6) is 0 Å². The molecule has 2 amide bonds. The second-order valence-corrected chi connectivity index (χ2v) is 5.68. The molecular weight excluding hydrogens is 334 g/mol. The van der Waals surface area contributed by atoms with Gasteiger partial charge in [-0.2, -0.15) is 10.1 Å². The summed E-state index contributed by atoms with van der Waals surface area (Å²) in [6, 6.07) is 25.4. The van der Waals surface area contributed by atoms with Gasteiger partial charge in [-0.15, -0.1) is 0 Å². The Morgan fingerprint density at radius 3 is 2.12 bits per heavy atom. The SMILES string of the molecule is O=C(Nc1ccc(Cl)cc1)N(/N=C/c1ccccc1)c1ccccc1. The molecule has 5 heteroatoms. The average Bonchev–Trinajstić information content (AvgIpc) is 2.65. The molecule has 0 saturated heterocycles. The van der Waals surface area contributed by atoms with Gasteiger partial charge in [0.25, 0.3) is 0 Å². The number of carbonyl (C=O) groups is 1. The summed E-state index contributed by atoms with van der Waals surface area (Å²) in [4.78, 5) is 12.7. The van der Waals surface area contributed by atoms with Crippen molar-refractivity contribution >= 4 is 35.2 Å². The lowest BCUT2D eigenvalue weighted by molar-refractivity contribution is 0.257. The molecule has 0 aromatic heterocycles. The van der Waals surface area contributed by atoms with Crippen molar-refractivity contribution in [1.29, 1.82) is 0 Å². The minimum Gasteiger partial charge on any atom is -0.306 e. The van der Waals surface area contributed by atoms with Crippen molar-refractivity contribution in [2.24, 2.45) is 5.10 Å². The third-order valence-corrected chi connectivity index (χ3v) is 3.66. The standard InChI is InChI=1S/C20H16ClN3O/c21-17-11-13-18(14-12-17)23-20(25)24(19-9-5-2-6-10-19)22-15-16-7-3-1-4-8-16/h1-15H,(H,23,25)/b22-15+. The van der Waals surface area contributed by atoms with E-state index in [1.165, 1.54) is 5.01 Å². The van der Waals surface area contributed by atoms with E-state index in [1.54, 1.807) is 30.5 Å². The molecule has 0 spiro atoms. The molecule has 0 unspecified atom stereocenters. The molecule has 124 valence electrons. The molecule has 0 saturated carbocycles. The predicted molar refractivity (Wildman–Crippen MR) is 103 cm³/mol. The monoisotopic (exact) mass is 349 g/mol. The minimum absolute atomic E-state index is 0.360. The Balaban J connectivity index is 1.84. The molecule has 0 aliphatic carbocycles. The minimum atomic E-state index is -0.360. The zero-order valence-electron chi connectivity index (χ0n) is 13.3. The molecule has 1 N–H and O–H groups in total. The quantitative estimate of drug-likeness (QED) is 0.496. The first kappa shape index (κ1) is 16.7. The fourth-order valence-electron chi connectivity index (χ4n) is 2.18. The number of hydrogen-bond donors (Lipinski definition) is 1. The molecule has 3 aromatic carbocycles. The number of anilines is 2. The van der Waals surface area contributed by atoms with Gasteiger partial charge in [0.05, 0.1) is 11.9 Å². The van der Waals surface area contributed by atoms with Crippen LogP contribution in [0, 0.1) is 0 Å². The molecule has 3 rings (SSSR count). The third-order valence-electron chi connectivity index (χ3n) is 3.41. The van der Waals surface area contributed by atoms with Gasteiger partial charge in [0.1, 0.15) is 0 Å². The highest BCUT2D eigenvalue weighted by atomic mass is 35.5. The zero-order valence-corrected chi connectivity index (χ0v) is 14.1. The van der Waals surface area contributed by atoms with Crippen LogP contribution in [0.2, 0.25) is 5.02 Å². The molecule has 4 nitrogen and oxygen atoms in total. The van der Waals surface area contributed by atoms with E-state index in [4.69, 9.17) is 11.6 Å². The maximum Gasteiger partial charge on any atom is 0.347 e. The molecule has 0 radical (unpaired) electrons. The summed E-state index contributed by atoms with van der Waals surface area (Å²) < 4.78 is 0. The molecule has 0 bridgehead atoms. The Bertz CT molecular complexity index is 849. The van der Waals surface area contributed by atoms with Gasteiger partial charge in [-0.1, -0.05) is 60.1 Å². The van der Waals surface area contributed by atoms with Gasteiger partial charge >= 0.3 is 6.03 Å². The molecule has 0 heterocycles. The summed E-state index contributed by atoms with van der Waals surface area (Å²) in [7, 11) is 0. The smallest absolute Gasteiger partial charge is 0.306 e. The van der Waals surface area contributed by atoms with Crippen LogP contribution in [0.25, 0.3) is 0 Å². The summed E-state index contributed by atoms with van der Waals surface area (Å²) in [6.07, 6.45) is 1.65. The lowest BCUT2D eigenvalue weighted by Crippen LogP contribution is -2.30. The second-order valence-electron chi connectivity index (χ2n) is 5.24. The van der Waals surface area contributed by atoms with Crippen molar-refractivity contribution in [3.8, 4) is 0 Å². The van der Waals surface area contributed by atoms with E-state index in [0.717, 1.165) is 5.56 Å². The first-order valence-corrected chi connectivity index (χ1v) is 8.11. The van der Waals surface area contributed by atoms with Gasteiger partial charge in [0.2, 0.25) is 0 Å². The average molecular weight is 350 g/mol. The van der Waals surface area contributed by atoms with E-state index in [1.807, 2.05) is 60.7 Å². The summed E-state index contributed by atoms with van der Waals surface area (Å²) in [5.74, 6) is 0. The normalized spacial score (nSPS) is 10.6. The first-order chi connectivity index (χ1) is 12.2. The molecule has 0 aliphatic heterocycles. The Kier molecular flexibility index (Phi) is 5.44. The fourth-order valence-corrected chi connectivity index (χ4v) is 2.30. The number of hydrogen-bond acceptors (Lipinski definition) is 2.